The molecule has 0 aliphatic rings. The van der Waals surface area contributed by atoms with Crippen molar-refractivity contribution in [2.45, 2.75) is 27.7 Å². The smallest absolute Gasteiger partial charge is 0.269 e. The van der Waals surface area contributed by atoms with Gasteiger partial charge in [-0.3, -0.25) is 10.1 Å². The predicted octanol–water partition coefficient (Wildman–Crippen LogP) is 5.68. The summed E-state index contributed by atoms with van der Waals surface area (Å²) in [6, 6.07) is 16.7. The number of nitro groups is 1. The number of allylic oxidation sites excluding steroid dienone is 1. The minimum atomic E-state index is -0.447. The van der Waals surface area contributed by atoms with Gasteiger partial charge in [-0.2, -0.15) is 5.26 Å². The molecule has 3 rings (SSSR count). The fourth-order valence-electron chi connectivity index (χ4n) is 3.46. The Morgan fingerprint density at radius 2 is 1.75 bits per heavy atom. The highest BCUT2D eigenvalue weighted by atomic mass is 16.6. The third-order valence-corrected chi connectivity index (χ3v) is 4.87. The average molecular weight is 371 g/mol. The van der Waals surface area contributed by atoms with E-state index in [1.165, 1.54) is 23.3 Å². The fraction of sp³-hybridized carbons (Fsp3) is 0.174. The Morgan fingerprint density at radius 3 is 2.32 bits per heavy atom. The van der Waals surface area contributed by atoms with Gasteiger partial charge in [0.05, 0.1) is 16.6 Å². The Hall–Kier alpha value is -3.65. The second kappa shape index (κ2) is 7.53. The minimum Gasteiger partial charge on any atom is -0.318 e. The van der Waals surface area contributed by atoms with Gasteiger partial charge in [0.1, 0.15) is 0 Å². The highest BCUT2D eigenvalue weighted by molar-refractivity contribution is 5.90. The Morgan fingerprint density at radius 1 is 1.07 bits per heavy atom. The molecule has 0 amide bonds. The number of benzene rings is 2. The molecule has 0 N–H and O–H groups in total. The normalized spacial score (nSPS) is 11.3. The van der Waals surface area contributed by atoms with Crippen molar-refractivity contribution in [3.8, 4) is 11.8 Å². The van der Waals surface area contributed by atoms with Crippen molar-refractivity contribution in [3.05, 3.63) is 92.3 Å². The van der Waals surface area contributed by atoms with Crippen LogP contribution in [0.3, 0.4) is 0 Å². The third-order valence-electron chi connectivity index (χ3n) is 4.87. The summed E-state index contributed by atoms with van der Waals surface area (Å²) in [4.78, 5) is 10.4. The molecule has 0 aliphatic carbocycles. The number of nitriles is 1. The van der Waals surface area contributed by atoms with Crippen molar-refractivity contribution in [2.24, 2.45) is 0 Å². The topological polar surface area (TPSA) is 71.9 Å². The van der Waals surface area contributed by atoms with Crippen LogP contribution in [0.1, 0.15) is 33.6 Å². The van der Waals surface area contributed by atoms with E-state index >= 15 is 0 Å². The highest BCUT2D eigenvalue weighted by Gasteiger charge is 2.13. The van der Waals surface area contributed by atoms with E-state index < -0.39 is 4.92 Å². The summed E-state index contributed by atoms with van der Waals surface area (Å²) in [7, 11) is 0. The maximum atomic E-state index is 10.8. The second-order valence-electron chi connectivity index (χ2n) is 6.93. The molecule has 1 aromatic heterocycles. The van der Waals surface area contributed by atoms with Gasteiger partial charge in [-0.15, -0.1) is 0 Å². The van der Waals surface area contributed by atoms with Crippen LogP contribution in [0.25, 0.3) is 17.3 Å². The van der Waals surface area contributed by atoms with Gasteiger partial charge in [-0.25, -0.2) is 0 Å². The molecule has 2 aromatic carbocycles. The molecule has 0 atom stereocenters. The number of hydrogen-bond acceptors (Lipinski definition) is 3. The van der Waals surface area contributed by atoms with Crippen LogP contribution in [0.2, 0.25) is 0 Å². The Labute approximate surface area is 164 Å². The monoisotopic (exact) mass is 371 g/mol. The van der Waals surface area contributed by atoms with Gasteiger partial charge in [-0.05, 0) is 74.7 Å². The van der Waals surface area contributed by atoms with Crippen molar-refractivity contribution in [2.75, 3.05) is 0 Å². The van der Waals surface area contributed by atoms with Crippen LogP contribution in [0, 0.1) is 49.1 Å². The molecular weight excluding hydrogens is 350 g/mol. The molecule has 0 fully saturated rings. The van der Waals surface area contributed by atoms with Gasteiger partial charge in [0.25, 0.3) is 5.69 Å². The van der Waals surface area contributed by atoms with Crippen LogP contribution < -0.4 is 0 Å². The molecule has 0 unspecified atom stereocenters. The largest absolute Gasteiger partial charge is 0.318 e. The molecule has 1 heterocycles. The number of aryl methyl sites for hydroxylation is 3. The summed E-state index contributed by atoms with van der Waals surface area (Å²) < 4.78 is 2.19. The molecule has 28 heavy (non-hydrogen) atoms. The number of rotatable bonds is 4. The first kappa shape index (κ1) is 19.1. The lowest BCUT2D eigenvalue weighted by Crippen LogP contribution is -2.01. The van der Waals surface area contributed by atoms with Gasteiger partial charge in [0.2, 0.25) is 0 Å². The zero-order valence-electron chi connectivity index (χ0n) is 16.4. The lowest BCUT2D eigenvalue weighted by Gasteiger charge is -2.13. The van der Waals surface area contributed by atoms with E-state index in [1.54, 1.807) is 12.1 Å². The maximum absolute atomic E-state index is 10.8. The van der Waals surface area contributed by atoms with Gasteiger partial charge in [-0.1, -0.05) is 17.7 Å². The molecular formula is C23H21N3O2. The van der Waals surface area contributed by atoms with Crippen LogP contribution in [-0.4, -0.2) is 9.49 Å². The van der Waals surface area contributed by atoms with E-state index in [2.05, 4.69) is 48.7 Å². The summed E-state index contributed by atoms with van der Waals surface area (Å²) in [5, 5.41) is 20.5. The van der Waals surface area contributed by atoms with E-state index in [4.69, 9.17) is 0 Å². The number of hydrogen-bond donors (Lipinski definition) is 0. The van der Waals surface area contributed by atoms with Gasteiger partial charge < -0.3 is 4.57 Å². The predicted molar refractivity (Wildman–Crippen MR) is 111 cm³/mol. The zero-order chi connectivity index (χ0) is 20.4. The van der Waals surface area contributed by atoms with Crippen molar-refractivity contribution < 1.29 is 4.92 Å². The lowest BCUT2D eigenvalue weighted by molar-refractivity contribution is -0.384. The maximum Gasteiger partial charge on any atom is 0.269 e. The van der Waals surface area contributed by atoms with Crippen molar-refractivity contribution in [1.29, 1.82) is 5.26 Å². The van der Waals surface area contributed by atoms with E-state index in [1.807, 2.05) is 19.9 Å². The fourth-order valence-corrected chi connectivity index (χ4v) is 3.46. The molecule has 5 heteroatoms. The van der Waals surface area contributed by atoms with E-state index in [0.29, 0.717) is 11.1 Å². The highest BCUT2D eigenvalue weighted by Crippen LogP contribution is 2.27. The second-order valence-corrected chi connectivity index (χ2v) is 6.93. The molecule has 140 valence electrons. The lowest BCUT2D eigenvalue weighted by atomic mass is 10.0. The third kappa shape index (κ3) is 3.58. The van der Waals surface area contributed by atoms with E-state index in [-0.39, 0.29) is 5.69 Å². The van der Waals surface area contributed by atoms with Crippen LogP contribution in [0.15, 0.2) is 48.5 Å². The first-order valence-electron chi connectivity index (χ1n) is 8.95. The summed E-state index contributed by atoms with van der Waals surface area (Å²) in [5.74, 6) is 0. The minimum absolute atomic E-state index is 0.00839. The number of non-ortho nitro benzene ring substituents is 1. The van der Waals surface area contributed by atoms with Gasteiger partial charge in [0.15, 0.2) is 0 Å². The molecule has 0 radical (unpaired) electrons. The molecule has 0 saturated carbocycles. The summed E-state index contributed by atoms with van der Waals surface area (Å²) in [5.41, 5.74) is 7.73. The van der Waals surface area contributed by atoms with Crippen LogP contribution in [0.5, 0.6) is 0 Å². The first-order chi connectivity index (χ1) is 13.3. The van der Waals surface area contributed by atoms with Crippen LogP contribution >= 0.6 is 0 Å². The van der Waals surface area contributed by atoms with Crippen molar-refractivity contribution >= 4 is 17.3 Å². The van der Waals surface area contributed by atoms with Crippen molar-refractivity contribution in [3.63, 3.8) is 0 Å². The molecule has 0 bridgehead atoms. The number of aromatic nitrogens is 1. The van der Waals surface area contributed by atoms with Crippen LogP contribution in [-0.2, 0) is 0 Å². The Bertz CT molecular complexity index is 1130. The quantitative estimate of drug-likeness (QED) is 0.336. The summed E-state index contributed by atoms with van der Waals surface area (Å²) in [6.07, 6.45) is 1.84. The standard InChI is InChI=1S/C23H21N3O2/c1-15-5-10-23(16(2)11-15)25-17(3)12-20(18(25)4)13-21(14-24)19-6-8-22(9-7-19)26(27)28/h5-13H,1-4H3/b21-13-. The van der Waals surface area contributed by atoms with Gasteiger partial charge in [0, 0.05) is 29.2 Å². The van der Waals surface area contributed by atoms with E-state index in [0.717, 1.165) is 22.6 Å². The van der Waals surface area contributed by atoms with Crippen LogP contribution in [0.4, 0.5) is 5.69 Å². The van der Waals surface area contributed by atoms with Crippen molar-refractivity contribution in [1.82, 2.24) is 4.57 Å². The molecule has 0 spiro atoms. The zero-order valence-corrected chi connectivity index (χ0v) is 16.4. The van der Waals surface area contributed by atoms with E-state index in [9.17, 15) is 15.4 Å². The molecule has 0 aliphatic heterocycles. The molecule has 5 nitrogen and oxygen atoms in total. The average Bonchev–Trinajstić information content (AvgIpc) is 2.93. The summed E-state index contributed by atoms with van der Waals surface area (Å²) >= 11 is 0. The Balaban J connectivity index is 2.06. The summed E-state index contributed by atoms with van der Waals surface area (Å²) in [6.45, 7) is 8.24. The first-order valence-corrected chi connectivity index (χ1v) is 8.95. The number of nitro benzene ring substituents is 1. The molecule has 3 aromatic rings. The molecule has 0 saturated heterocycles. The number of nitrogens with zero attached hydrogens (tertiary/aromatic N) is 3. The van der Waals surface area contributed by atoms with Gasteiger partial charge >= 0.3 is 0 Å². The Kier molecular flexibility index (Phi) is 5.14. The SMILES string of the molecule is Cc1ccc(-n2c(C)cc(/C=C(/C#N)c3ccc([N+](=O)[O-])cc3)c2C)c(C)c1.